The van der Waals surface area contributed by atoms with Gasteiger partial charge in [0.2, 0.25) is 0 Å². The van der Waals surface area contributed by atoms with E-state index < -0.39 is 0 Å². The van der Waals surface area contributed by atoms with Gasteiger partial charge in [0.15, 0.2) is 0 Å². The Morgan fingerprint density at radius 1 is 1.56 bits per heavy atom. The molecule has 16 heavy (non-hydrogen) atoms. The molecule has 1 amide bonds. The van der Waals surface area contributed by atoms with Crippen molar-refractivity contribution in [3.8, 4) is 0 Å². The Bertz CT molecular complexity index is 338. The van der Waals surface area contributed by atoms with Crippen molar-refractivity contribution >= 4 is 17.2 Å². The lowest BCUT2D eigenvalue weighted by atomic mass is 10.3. The molecule has 1 aromatic heterocycles. The summed E-state index contributed by atoms with van der Waals surface area (Å²) in [5, 5.41) is 11.6. The van der Waals surface area contributed by atoms with Crippen LogP contribution in [0.5, 0.6) is 0 Å². The molecule has 1 N–H and O–H groups in total. The number of amides is 1. The lowest BCUT2D eigenvalue weighted by Gasteiger charge is -2.20. The molecule has 0 fully saturated rings. The zero-order valence-corrected chi connectivity index (χ0v) is 10.6. The smallest absolute Gasteiger partial charge is 0.273 e. The van der Waals surface area contributed by atoms with Gasteiger partial charge in [-0.15, -0.1) is 11.3 Å². The molecule has 5 heteroatoms. The number of aliphatic hydroxyl groups excluding tert-OH is 1. The Morgan fingerprint density at radius 3 is 2.81 bits per heavy atom. The van der Waals surface area contributed by atoms with Crippen molar-refractivity contribution in [3.63, 3.8) is 0 Å². The Kier molecular flexibility index (Phi) is 5.42. The normalized spacial score (nSPS) is 10.4. The summed E-state index contributed by atoms with van der Waals surface area (Å²) in [5.74, 6) is -0.0770. The summed E-state index contributed by atoms with van der Waals surface area (Å²) in [6.07, 6.45) is 1.99. The Labute approximate surface area is 99.9 Å². The first-order valence-corrected chi connectivity index (χ1v) is 6.39. The maximum Gasteiger partial charge on any atom is 0.273 e. The standard InChI is InChI=1S/C11H18N2O2S/c1-3-4-5-13(6-7-14)11(15)10-8-16-9(2)12-10/h8,14H,3-7H2,1-2H3. The molecule has 1 heterocycles. The van der Waals surface area contributed by atoms with Gasteiger partial charge < -0.3 is 10.0 Å². The molecule has 0 aliphatic carbocycles. The van der Waals surface area contributed by atoms with Gasteiger partial charge in [0.25, 0.3) is 5.91 Å². The van der Waals surface area contributed by atoms with E-state index in [0.29, 0.717) is 18.8 Å². The fourth-order valence-electron chi connectivity index (χ4n) is 1.41. The maximum absolute atomic E-state index is 12.0. The number of aliphatic hydroxyl groups is 1. The topological polar surface area (TPSA) is 53.4 Å². The van der Waals surface area contributed by atoms with Crippen molar-refractivity contribution in [2.24, 2.45) is 0 Å². The number of rotatable bonds is 6. The van der Waals surface area contributed by atoms with Gasteiger partial charge in [-0.25, -0.2) is 4.98 Å². The van der Waals surface area contributed by atoms with Crippen LogP contribution < -0.4 is 0 Å². The average Bonchev–Trinajstić information content (AvgIpc) is 2.70. The van der Waals surface area contributed by atoms with Crippen molar-refractivity contribution < 1.29 is 9.90 Å². The molecule has 0 unspecified atom stereocenters. The van der Waals surface area contributed by atoms with E-state index in [1.165, 1.54) is 11.3 Å². The van der Waals surface area contributed by atoms with Crippen molar-refractivity contribution in [3.05, 3.63) is 16.1 Å². The quantitative estimate of drug-likeness (QED) is 0.826. The number of aryl methyl sites for hydroxylation is 1. The van der Waals surface area contributed by atoms with Gasteiger partial charge in [-0.1, -0.05) is 13.3 Å². The summed E-state index contributed by atoms with van der Waals surface area (Å²) in [5.41, 5.74) is 0.493. The lowest BCUT2D eigenvalue weighted by molar-refractivity contribution is 0.0714. The van der Waals surface area contributed by atoms with Gasteiger partial charge in [-0.3, -0.25) is 4.79 Å². The summed E-state index contributed by atoms with van der Waals surface area (Å²) in [7, 11) is 0. The summed E-state index contributed by atoms with van der Waals surface area (Å²) in [4.78, 5) is 17.8. The van der Waals surface area contributed by atoms with E-state index in [9.17, 15) is 4.79 Å². The number of nitrogens with zero attached hydrogens (tertiary/aromatic N) is 2. The van der Waals surface area contributed by atoms with Gasteiger partial charge in [0.1, 0.15) is 5.69 Å². The van der Waals surface area contributed by atoms with Crippen LogP contribution >= 0.6 is 11.3 Å². The third-order valence-electron chi connectivity index (χ3n) is 2.28. The number of unbranched alkanes of at least 4 members (excludes halogenated alkanes) is 1. The van der Waals surface area contributed by atoms with Crippen LogP contribution in [-0.4, -0.2) is 40.6 Å². The molecule has 0 bridgehead atoms. The first kappa shape index (κ1) is 13.1. The van der Waals surface area contributed by atoms with Gasteiger partial charge in [0, 0.05) is 18.5 Å². The van der Waals surface area contributed by atoms with Crippen LogP contribution in [0.15, 0.2) is 5.38 Å². The second kappa shape index (κ2) is 6.60. The Morgan fingerprint density at radius 2 is 2.31 bits per heavy atom. The molecule has 0 atom stereocenters. The summed E-state index contributed by atoms with van der Waals surface area (Å²) < 4.78 is 0. The number of hydrogen-bond donors (Lipinski definition) is 1. The van der Waals surface area contributed by atoms with Gasteiger partial charge in [-0.2, -0.15) is 0 Å². The van der Waals surface area contributed by atoms with E-state index in [0.717, 1.165) is 17.8 Å². The molecule has 0 aliphatic rings. The van der Waals surface area contributed by atoms with E-state index in [1.807, 2.05) is 6.92 Å². The van der Waals surface area contributed by atoms with E-state index in [1.54, 1.807) is 10.3 Å². The van der Waals surface area contributed by atoms with Crippen LogP contribution in [0.1, 0.15) is 35.3 Å². The van der Waals surface area contributed by atoms with E-state index in [2.05, 4.69) is 11.9 Å². The van der Waals surface area contributed by atoms with Crippen molar-refractivity contribution in [1.29, 1.82) is 0 Å². The maximum atomic E-state index is 12.0. The lowest BCUT2D eigenvalue weighted by Crippen LogP contribution is -2.34. The van der Waals surface area contributed by atoms with Gasteiger partial charge in [-0.05, 0) is 13.3 Å². The number of carbonyl (C=O) groups is 1. The van der Waals surface area contributed by atoms with Crippen LogP contribution in [0.3, 0.4) is 0 Å². The zero-order valence-electron chi connectivity index (χ0n) is 9.77. The van der Waals surface area contributed by atoms with Gasteiger partial charge >= 0.3 is 0 Å². The monoisotopic (exact) mass is 242 g/mol. The minimum absolute atomic E-state index is 0.00142. The van der Waals surface area contributed by atoms with E-state index in [4.69, 9.17) is 5.11 Å². The molecule has 0 aliphatic heterocycles. The van der Waals surface area contributed by atoms with Crippen molar-refractivity contribution in [1.82, 2.24) is 9.88 Å². The first-order valence-electron chi connectivity index (χ1n) is 5.51. The minimum Gasteiger partial charge on any atom is -0.395 e. The van der Waals surface area contributed by atoms with Crippen molar-refractivity contribution in [2.45, 2.75) is 26.7 Å². The summed E-state index contributed by atoms with van der Waals surface area (Å²) >= 11 is 1.47. The zero-order chi connectivity index (χ0) is 12.0. The van der Waals surface area contributed by atoms with Crippen LogP contribution in [0.25, 0.3) is 0 Å². The van der Waals surface area contributed by atoms with Crippen molar-refractivity contribution in [2.75, 3.05) is 19.7 Å². The second-order valence-corrected chi connectivity index (χ2v) is 4.68. The highest BCUT2D eigenvalue weighted by atomic mass is 32.1. The molecular formula is C11H18N2O2S. The largest absolute Gasteiger partial charge is 0.395 e. The molecular weight excluding hydrogens is 224 g/mol. The van der Waals surface area contributed by atoms with Crippen LogP contribution in [-0.2, 0) is 0 Å². The van der Waals surface area contributed by atoms with E-state index >= 15 is 0 Å². The molecule has 0 spiro atoms. The predicted molar refractivity (Wildman–Crippen MR) is 64.7 cm³/mol. The fourth-order valence-corrected chi connectivity index (χ4v) is 1.99. The predicted octanol–water partition coefficient (Wildman–Crippen LogP) is 1.69. The molecule has 0 saturated carbocycles. The highest BCUT2D eigenvalue weighted by Crippen LogP contribution is 2.11. The van der Waals surface area contributed by atoms with Gasteiger partial charge in [0.05, 0.1) is 11.6 Å². The third-order valence-corrected chi connectivity index (χ3v) is 3.05. The molecule has 1 aromatic rings. The number of thiazole rings is 1. The van der Waals surface area contributed by atoms with Crippen LogP contribution in [0, 0.1) is 6.92 Å². The number of aromatic nitrogens is 1. The summed E-state index contributed by atoms with van der Waals surface area (Å²) in [6, 6.07) is 0. The molecule has 0 radical (unpaired) electrons. The fraction of sp³-hybridized carbons (Fsp3) is 0.636. The molecule has 4 nitrogen and oxygen atoms in total. The summed E-state index contributed by atoms with van der Waals surface area (Å²) in [6.45, 7) is 5.03. The highest BCUT2D eigenvalue weighted by Gasteiger charge is 2.16. The average molecular weight is 242 g/mol. The minimum atomic E-state index is -0.0770. The molecule has 0 saturated heterocycles. The van der Waals surface area contributed by atoms with Crippen LogP contribution in [0.4, 0.5) is 0 Å². The molecule has 90 valence electrons. The Hall–Kier alpha value is -0.940. The SMILES string of the molecule is CCCCN(CCO)C(=O)c1csc(C)n1. The number of hydrogen-bond acceptors (Lipinski definition) is 4. The molecule has 1 rings (SSSR count). The van der Waals surface area contributed by atoms with E-state index in [-0.39, 0.29) is 12.5 Å². The highest BCUT2D eigenvalue weighted by molar-refractivity contribution is 7.09. The third kappa shape index (κ3) is 3.57. The first-order chi connectivity index (χ1) is 7.69. The Balaban J connectivity index is 2.66. The second-order valence-electron chi connectivity index (χ2n) is 3.62. The number of carbonyl (C=O) groups excluding carboxylic acids is 1. The molecule has 0 aromatic carbocycles. The van der Waals surface area contributed by atoms with Crippen LogP contribution in [0.2, 0.25) is 0 Å².